The fraction of sp³-hybridized carbons (Fsp3) is 0.400. The molecule has 0 aliphatic heterocycles. The normalized spacial score (nSPS) is 12.9. The van der Waals surface area contributed by atoms with Gasteiger partial charge in [-0.1, -0.05) is 17.7 Å². The van der Waals surface area contributed by atoms with Crippen LogP contribution in [0.1, 0.15) is 22.8 Å². The first-order valence-electron chi connectivity index (χ1n) is 4.35. The number of halogens is 1. The maximum Gasteiger partial charge on any atom is 0.140 e. The number of aliphatic hydroxyl groups excluding tert-OH is 1. The Morgan fingerprint density at radius 1 is 1.43 bits per heavy atom. The maximum absolute atomic E-state index is 9.71. The molecular formula is C10H14ClNO2. The van der Waals surface area contributed by atoms with Crippen LogP contribution in [-0.4, -0.2) is 16.8 Å². The van der Waals surface area contributed by atoms with Crippen molar-refractivity contribution in [2.24, 2.45) is 5.73 Å². The van der Waals surface area contributed by atoms with Crippen molar-refractivity contribution in [1.82, 2.24) is 0 Å². The number of hydrogen-bond acceptors (Lipinski definition) is 3. The zero-order valence-electron chi connectivity index (χ0n) is 8.21. The molecule has 0 saturated heterocycles. The van der Waals surface area contributed by atoms with Gasteiger partial charge in [0.1, 0.15) is 5.75 Å². The number of benzene rings is 1. The molecule has 78 valence electrons. The van der Waals surface area contributed by atoms with Gasteiger partial charge in [-0.25, -0.2) is 0 Å². The molecule has 3 nitrogen and oxygen atoms in total. The maximum atomic E-state index is 9.71. The molecule has 4 heteroatoms. The topological polar surface area (TPSA) is 66.5 Å². The Morgan fingerprint density at radius 3 is 2.50 bits per heavy atom. The molecule has 1 aromatic rings. The molecule has 1 unspecified atom stereocenters. The lowest BCUT2D eigenvalue weighted by atomic mass is 9.99. The Morgan fingerprint density at radius 2 is 2.00 bits per heavy atom. The smallest absolute Gasteiger partial charge is 0.140 e. The Kier molecular flexibility index (Phi) is 3.37. The average Bonchev–Trinajstić information content (AvgIpc) is 2.14. The lowest BCUT2D eigenvalue weighted by Crippen LogP contribution is -2.13. The summed E-state index contributed by atoms with van der Waals surface area (Å²) in [6, 6.07) is 1.82. The predicted octanol–water partition coefficient (Wildman–Crippen LogP) is 1.65. The third kappa shape index (κ3) is 1.85. The van der Waals surface area contributed by atoms with Crippen molar-refractivity contribution in [1.29, 1.82) is 0 Å². The highest BCUT2D eigenvalue weighted by molar-refractivity contribution is 6.32. The van der Waals surface area contributed by atoms with Gasteiger partial charge in [-0.15, -0.1) is 0 Å². The van der Waals surface area contributed by atoms with Crippen LogP contribution in [0.2, 0.25) is 5.02 Å². The van der Waals surface area contributed by atoms with Crippen LogP contribution in [-0.2, 0) is 0 Å². The number of rotatable bonds is 2. The van der Waals surface area contributed by atoms with Gasteiger partial charge in [-0.3, -0.25) is 0 Å². The Balaban J connectivity index is 3.36. The summed E-state index contributed by atoms with van der Waals surface area (Å²) in [5, 5.41) is 19.6. The van der Waals surface area contributed by atoms with E-state index >= 15 is 0 Å². The fourth-order valence-electron chi connectivity index (χ4n) is 1.50. The zero-order chi connectivity index (χ0) is 10.9. The van der Waals surface area contributed by atoms with Crippen LogP contribution < -0.4 is 5.73 Å². The van der Waals surface area contributed by atoms with Crippen molar-refractivity contribution in [3.63, 3.8) is 0 Å². The van der Waals surface area contributed by atoms with E-state index in [2.05, 4.69) is 0 Å². The van der Waals surface area contributed by atoms with Crippen LogP contribution in [0.5, 0.6) is 5.75 Å². The Labute approximate surface area is 88.1 Å². The number of aromatic hydroxyl groups is 1. The minimum Gasteiger partial charge on any atom is -0.506 e. The first kappa shape index (κ1) is 11.3. The molecule has 4 N–H and O–H groups in total. The summed E-state index contributed by atoms with van der Waals surface area (Å²) < 4.78 is 0. The molecule has 1 atom stereocenters. The first-order valence-corrected chi connectivity index (χ1v) is 4.73. The lowest BCUT2D eigenvalue weighted by Gasteiger charge is -2.15. The largest absolute Gasteiger partial charge is 0.506 e. The van der Waals surface area contributed by atoms with E-state index in [0.717, 1.165) is 11.1 Å². The monoisotopic (exact) mass is 215 g/mol. The second-order valence-electron chi connectivity index (χ2n) is 3.34. The van der Waals surface area contributed by atoms with Crippen molar-refractivity contribution in [2.45, 2.75) is 20.0 Å². The van der Waals surface area contributed by atoms with Crippen LogP contribution in [0.15, 0.2) is 6.07 Å². The zero-order valence-corrected chi connectivity index (χ0v) is 8.97. The predicted molar refractivity (Wildman–Crippen MR) is 56.6 cm³/mol. The van der Waals surface area contributed by atoms with Crippen molar-refractivity contribution < 1.29 is 10.2 Å². The van der Waals surface area contributed by atoms with E-state index in [1.807, 2.05) is 6.07 Å². The minimum atomic E-state index is -0.868. The van der Waals surface area contributed by atoms with Crippen molar-refractivity contribution in [3.05, 3.63) is 27.8 Å². The average molecular weight is 216 g/mol. The molecule has 0 spiro atoms. The molecule has 1 aromatic carbocycles. The van der Waals surface area contributed by atoms with Crippen LogP contribution in [0, 0.1) is 13.8 Å². The molecule has 0 heterocycles. The molecule has 0 radical (unpaired) electrons. The van der Waals surface area contributed by atoms with Crippen LogP contribution in [0.3, 0.4) is 0 Å². The van der Waals surface area contributed by atoms with Crippen molar-refractivity contribution >= 4 is 11.6 Å². The van der Waals surface area contributed by atoms with Crippen molar-refractivity contribution in [2.75, 3.05) is 6.54 Å². The SMILES string of the molecule is Cc1cc(C)c(C(O)CN)c(O)c1Cl. The highest BCUT2D eigenvalue weighted by Crippen LogP contribution is 2.36. The molecule has 0 aliphatic carbocycles. The van der Waals surface area contributed by atoms with Gasteiger partial charge in [0.2, 0.25) is 0 Å². The van der Waals surface area contributed by atoms with Crippen LogP contribution in [0.25, 0.3) is 0 Å². The van der Waals surface area contributed by atoms with Gasteiger partial charge in [-0.05, 0) is 25.0 Å². The van der Waals surface area contributed by atoms with Gasteiger partial charge in [0.25, 0.3) is 0 Å². The van der Waals surface area contributed by atoms with Gasteiger partial charge in [0.05, 0.1) is 11.1 Å². The standard InChI is InChI=1S/C10H14ClNO2/c1-5-3-6(2)9(11)10(14)8(5)7(13)4-12/h3,7,13-14H,4,12H2,1-2H3. The van der Waals surface area contributed by atoms with Gasteiger partial charge in [0, 0.05) is 12.1 Å². The Bertz CT molecular complexity index is 352. The fourth-order valence-corrected chi connectivity index (χ4v) is 1.65. The van der Waals surface area contributed by atoms with Gasteiger partial charge in [0.15, 0.2) is 0 Å². The van der Waals surface area contributed by atoms with E-state index in [9.17, 15) is 10.2 Å². The lowest BCUT2D eigenvalue weighted by molar-refractivity contribution is 0.182. The van der Waals surface area contributed by atoms with E-state index in [1.54, 1.807) is 13.8 Å². The summed E-state index contributed by atoms with van der Waals surface area (Å²) in [6.07, 6.45) is -0.868. The highest BCUT2D eigenvalue weighted by atomic mass is 35.5. The quantitative estimate of drug-likeness (QED) is 0.703. The summed E-state index contributed by atoms with van der Waals surface area (Å²) >= 11 is 5.85. The van der Waals surface area contributed by atoms with Gasteiger partial charge in [-0.2, -0.15) is 0 Å². The van der Waals surface area contributed by atoms with Crippen LogP contribution in [0.4, 0.5) is 0 Å². The summed E-state index contributed by atoms with van der Waals surface area (Å²) in [5.41, 5.74) is 7.33. The second kappa shape index (κ2) is 4.17. The van der Waals surface area contributed by atoms with E-state index in [-0.39, 0.29) is 17.3 Å². The molecule has 0 aromatic heterocycles. The van der Waals surface area contributed by atoms with Gasteiger partial charge < -0.3 is 15.9 Å². The van der Waals surface area contributed by atoms with E-state index in [1.165, 1.54) is 0 Å². The van der Waals surface area contributed by atoms with E-state index in [0.29, 0.717) is 5.56 Å². The summed E-state index contributed by atoms with van der Waals surface area (Å²) in [4.78, 5) is 0. The third-order valence-corrected chi connectivity index (χ3v) is 2.70. The highest BCUT2D eigenvalue weighted by Gasteiger charge is 2.17. The molecule has 0 aliphatic rings. The summed E-state index contributed by atoms with van der Waals surface area (Å²) in [5.74, 6) is -0.0675. The molecule has 14 heavy (non-hydrogen) atoms. The molecule has 0 saturated carbocycles. The summed E-state index contributed by atoms with van der Waals surface area (Å²) in [7, 11) is 0. The second-order valence-corrected chi connectivity index (χ2v) is 3.72. The number of aryl methyl sites for hydroxylation is 2. The number of aliphatic hydroxyl groups is 1. The van der Waals surface area contributed by atoms with Crippen LogP contribution >= 0.6 is 11.6 Å². The van der Waals surface area contributed by atoms with Gasteiger partial charge >= 0.3 is 0 Å². The van der Waals surface area contributed by atoms with Crippen molar-refractivity contribution in [3.8, 4) is 5.75 Å². The molecule has 0 fully saturated rings. The molecule has 1 rings (SSSR count). The number of phenols is 1. The first-order chi connectivity index (χ1) is 6.49. The third-order valence-electron chi connectivity index (χ3n) is 2.22. The number of phenolic OH excluding ortho intramolecular Hbond substituents is 1. The Hall–Kier alpha value is -0.770. The van der Waals surface area contributed by atoms with E-state index in [4.69, 9.17) is 17.3 Å². The summed E-state index contributed by atoms with van der Waals surface area (Å²) in [6.45, 7) is 3.67. The molecular weight excluding hydrogens is 202 g/mol. The minimum absolute atomic E-state index is 0.0633. The number of hydrogen-bond donors (Lipinski definition) is 3. The molecule has 0 amide bonds. The number of nitrogens with two attached hydrogens (primary N) is 1. The molecule has 0 bridgehead atoms. The van der Waals surface area contributed by atoms with E-state index < -0.39 is 6.10 Å².